The molecule has 0 bridgehead atoms. The third kappa shape index (κ3) is 4.54. The quantitative estimate of drug-likeness (QED) is 0.811. The number of hydrogen-bond acceptors (Lipinski definition) is 2. The smallest absolute Gasteiger partial charge is 0.119 e. The monoisotopic (exact) mass is 228 g/mol. The molecule has 0 aliphatic carbocycles. The van der Waals surface area contributed by atoms with Gasteiger partial charge < -0.3 is 9.84 Å². The Labute approximate surface area is 95.8 Å². The van der Waals surface area contributed by atoms with Crippen molar-refractivity contribution >= 4 is 11.6 Å². The van der Waals surface area contributed by atoms with Gasteiger partial charge in [0.05, 0.1) is 6.61 Å². The van der Waals surface area contributed by atoms with Crippen LogP contribution in [0.4, 0.5) is 0 Å². The van der Waals surface area contributed by atoms with Crippen molar-refractivity contribution in [1.82, 2.24) is 0 Å². The Morgan fingerprint density at radius 1 is 1.33 bits per heavy atom. The van der Waals surface area contributed by atoms with Crippen molar-refractivity contribution in [3.05, 3.63) is 29.3 Å². The summed E-state index contributed by atoms with van der Waals surface area (Å²) in [5, 5.41) is 9.78. The maximum Gasteiger partial charge on any atom is 0.119 e. The number of hydrogen-bond donors (Lipinski definition) is 1. The molecule has 0 spiro atoms. The maximum atomic E-state index is 9.08. The van der Waals surface area contributed by atoms with E-state index in [1.165, 1.54) is 0 Å². The van der Waals surface area contributed by atoms with Gasteiger partial charge in [-0.1, -0.05) is 24.9 Å². The van der Waals surface area contributed by atoms with Crippen LogP contribution in [-0.4, -0.2) is 18.3 Å². The fraction of sp³-hybridized carbons (Fsp3) is 0.500. The molecule has 0 saturated heterocycles. The Morgan fingerprint density at radius 3 is 2.53 bits per heavy atom. The van der Waals surface area contributed by atoms with Crippen LogP contribution in [0, 0.1) is 5.92 Å². The zero-order chi connectivity index (χ0) is 11.1. The molecule has 1 N–H and O–H groups in total. The second-order valence-electron chi connectivity index (χ2n) is 3.60. The molecule has 1 aromatic carbocycles. The summed E-state index contributed by atoms with van der Waals surface area (Å²) in [4.78, 5) is 0. The molecule has 15 heavy (non-hydrogen) atoms. The average Bonchev–Trinajstić information content (AvgIpc) is 2.26. The molecular formula is C12H17ClO2. The Morgan fingerprint density at radius 2 is 2.00 bits per heavy atom. The van der Waals surface area contributed by atoms with Crippen molar-refractivity contribution in [3.63, 3.8) is 0 Å². The largest absolute Gasteiger partial charge is 0.493 e. The van der Waals surface area contributed by atoms with Gasteiger partial charge in [-0.05, 0) is 30.7 Å². The standard InChI is InChI=1S/C12H17ClO2/c1-2-3-10(8-14)9-15-12-6-4-11(13)5-7-12/h4-7,10,14H,2-3,8-9H2,1H3. The average molecular weight is 229 g/mol. The summed E-state index contributed by atoms with van der Waals surface area (Å²) in [5.74, 6) is 1.03. The van der Waals surface area contributed by atoms with Crippen LogP contribution in [0.15, 0.2) is 24.3 Å². The van der Waals surface area contributed by atoms with Crippen molar-refractivity contribution in [2.75, 3.05) is 13.2 Å². The minimum absolute atomic E-state index is 0.182. The van der Waals surface area contributed by atoms with Crippen molar-refractivity contribution in [3.8, 4) is 5.75 Å². The van der Waals surface area contributed by atoms with Gasteiger partial charge >= 0.3 is 0 Å². The van der Waals surface area contributed by atoms with Gasteiger partial charge in [-0.25, -0.2) is 0 Å². The van der Waals surface area contributed by atoms with Crippen molar-refractivity contribution < 1.29 is 9.84 Å². The molecule has 0 heterocycles. The third-order valence-corrected chi connectivity index (χ3v) is 2.51. The van der Waals surface area contributed by atoms with Gasteiger partial charge in [-0.15, -0.1) is 0 Å². The van der Waals surface area contributed by atoms with Crippen LogP contribution in [-0.2, 0) is 0 Å². The zero-order valence-electron chi connectivity index (χ0n) is 8.95. The molecular weight excluding hydrogens is 212 g/mol. The molecule has 0 fully saturated rings. The van der Waals surface area contributed by atoms with Gasteiger partial charge in [0, 0.05) is 17.5 Å². The maximum absolute atomic E-state index is 9.08. The SMILES string of the molecule is CCCC(CO)COc1ccc(Cl)cc1. The van der Waals surface area contributed by atoms with Crippen molar-refractivity contribution in [2.24, 2.45) is 5.92 Å². The van der Waals surface area contributed by atoms with E-state index in [2.05, 4.69) is 6.92 Å². The first-order chi connectivity index (χ1) is 7.26. The molecule has 0 aliphatic heterocycles. The fourth-order valence-corrected chi connectivity index (χ4v) is 1.51. The van der Waals surface area contributed by atoms with Crippen LogP contribution in [0.1, 0.15) is 19.8 Å². The number of rotatable bonds is 6. The number of halogens is 1. The highest BCUT2D eigenvalue weighted by Crippen LogP contribution is 2.17. The van der Waals surface area contributed by atoms with Crippen LogP contribution in [0.3, 0.4) is 0 Å². The lowest BCUT2D eigenvalue weighted by Gasteiger charge is -2.14. The van der Waals surface area contributed by atoms with Gasteiger partial charge in [-0.2, -0.15) is 0 Å². The van der Waals surface area contributed by atoms with Gasteiger partial charge in [-0.3, -0.25) is 0 Å². The Kier molecular flexibility index (Phi) is 5.51. The molecule has 0 aliphatic rings. The molecule has 0 amide bonds. The third-order valence-electron chi connectivity index (χ3n) is 2.25. The van der Waals surface area contributed by atoms with Crippen LogP contribution < -0.4 is 4.74 Å². The molecule has 1 atom stereocenters. The highest BCUT2D eigenvalue weighted by Gasteiger charge is 2.06. The number of aliphatic hydroxyl groups is 1. The number of aliphatic hydroxyl groups excluding tert-OH is 1. The van der Waals surface area contributed by atoms with E-state index in [4.69, 9.17) is 21.4 Å². The first kappa shape index (κ1) is 12.3. The van der Waals surface area contributed by atoms with E-state index in [-0.39, 0.29) is 12.5 Å². The van der Waals surface area contributed by atoms with E-state index in [0.29, 0.717) is 11.6 Å². The zero-order valence-corrected chi connectivity index (χ0v) is 9.70. The Bertz CT molecular complexity index is 271. The molecule has 1 unspecified atom stereocenters. The van der Waals surface area contributed by atoms with Crippen molar-refractivity contribution in [1.29, 1.82) is 0 Å². The minimum Gasteiger partial charge on any atom is -0.493 e. The van der Waals surface area contributed by atoms with Crippen LogP contribution in [0.25, 0.3) is 0 Å². The number of benzene rings is 1. The molecule has 0 radical (unpaired) electrons. The molecule has 1 aromatic rings. The van der Waals surface area contributed by atoms with Gasteiger partial charge in [0.1, 0.15) is 5.75 Å². The summed E-state index contributed by atoms with van der Waals surface area (Å²) in [5.41, 5.74) is 0. The topological polar surface area (TPSA) is 29.5 Å². The first-order valence-corrected chi connectivity index (χ1v) is 5.63. The van der Waals surface area contributed by atoms with Crippen LogP contribution in [0.2, 0.25) is 5.02 Å². The van der Waals surface area contributed by atoms with E-state index in [1.54, 1.807) is 12.1 Å². The lowest BCUT2D eigenvalue weighted by molar-refractivity contribution is 0.155. The second-order valence-corrected chi connectivity index (χ2v) is 4.04. The van der Waals surface area contributed by atoms with E-state index < -0.39 is 0 Å². The molecule has 1 rings (SSSR count). The first-order valence-electron chi connectivity index (χ1n) is 5.25. The predicted molar refractivity (Wildman–Crippen MR) is 62.4 cm³/mol. The van der Waals surface area contributed by atoms with E-state index in [1.807, 2.05) is 12.1 Å². The summed E-state index contributed by atoms with van der Waals surface area (Å²) in [7, 11) is 0. The predicted octanol–water partition coefficient (Wildman–Crippen LogP) is 3.13. The molecule has 3 heteroatoms. The molecule has 2 nitrogen and oxygen atoms in total. The summed E-state index contributed by atoms with van der Waals surface area (Å²) < 4.78 is 5.55. The molecule has 0 saturated carbocycles. The normalized spacial score (nSPS) is 12.5. The number of ether oxygens (including phenoxy) is 1. The van der Waals surface area contributed by atoms with E-state index in [0.717, 1.165) is 18.6 Å². The summed E-state index contributed by atoms with van der Waals surface area (Å²) >= 11 is 5.76. The molecule has 84 valence electrons. The van der Waals surface area contributed by atoms with E-state index >= 15 is 0 Å². The minimum atomic E-state index is 0.182. The summed E-state index contributed by atoms with van der Waals surface area (Å²) in [6.45, 7) is 2.85. The second kappa shape index (κ2) is 6.70. The van der Waals surface area contributed by atoms with Gasteiger partial charge in [0.15, 0.2) is 0 Å². The highest BCUT2D eigenvalue weighted by atomic mass is 35.5. The summed E-state index contributed by atoms with van der Waals surface area (Å²) in [6.07, 6.45) is 2.05. The fourth-order valence-electron chi connectivity index (χ4n) is 1.38. The lowest BCUT2D eigenvalue weighted by Crippen LogP contribution is -2.15. The summed E-state index contributed by atoms with van der Waals surface area (Å²) in [6, 6.07) is 7.26. The van der Waals surface area contributed by atoms with Gasteiger partial charge in [0.25, 0.3) is 0 Å². The Balaban J connectivity index is 2.38. The van der Waals surface area contributed by atoms with Gasteiger partial charge in [0.2, 0.25) is 0 Å². The van der Waals surface area contributed by atoms with E-state index in [9.17, 15) is 0 Å². The Hall–Kier alpha value is -0.730. The van der Waals surface area contributed by atoms with Crippen molar-refractivity contribution in [2.45, 2.75) is 19.8 Å². The highest BCUT2D eigenvalue weighted by molar-refractivity contribution is 6.30. The van der Waals surface area contributed by atoms with Crippen LogP contribution in [0.5, 0.6) is 5.75 Å². The molecule has 0 aromatic heterocycles. The van der Waals surface area contributed by atoms with Crippen LogP contribution >= 0.6 is 11.6 Å². The lowest BCUT2D eigenvalue weighted by atomic mass is 10.1.